The summed E-state index contributed by atoms with van der Waals surface area (Å²) in [5.74, 6) is -0.443. The van der Waals surface area contributed by atoms with Crippen LogP contribution in [0.15, 0.2) is 24.3 Å². The molecule has 0 aliphatic carbocycles. The topological polar surface area (TPSA) is 84.5 Å². The Bertz CT molecular complexity index is 955. The van der Waals surface area contributed by atoms with E-state index in [1.54, 1.807) is 6.07 Å². The maximum absolute atomic E-state index is 13.1. The molecule has 2 heterocycles. The van der Waals surface area contributed by atoms with E-state index in [0.717, 1.165) is 17.2 Å². The number of alkyl halides is 3. The molecule has 1 aromatic heterocycles. The number of carbonyl (C=O) groups is 1. The minimum Gasteiger partial charge on any atom is -0.339 e. The van der Waals surface area contributed by atoms with E-state index in [-0.39, 0.29) is 5.69 Å². The van der Waals surface area contributed by atoms with Crippen molar-refractivity contribution in [1.29, 1.82) is 0 Å². The molecular weight excluding hydrogens is 427 g/mol. The zero-order valence-electron chi connectivity index (χ0n) is 16.0. The van der Waals surface area contributed by atoms with Gasteiger partial charge in [0.2, 0.25) is 11.6 Å². The average Bonchev–Trinajstić information content (AvgIpc) is 3.01. The molecule has 1 aliphatic rings. The first kappa shape index (κ1) is 22.0. The predicted molar refractivity (Wildman–Crippen MR) is 102 cm³/mol. The van der Waals surface area contributed by atoms with E-state index in [9.17, 15) is 28.1 Å². The molecule has 0 saturated carbocycles. The van der Waals surface area contributed by atoms with Crippen LogP contribution in [0.25, 0.3) is 0 Å². The summed E-state index contributed by atoms with van der Waals surface area (Å²) in [6.45, 7) is 3.20. The maximum atomic E-state index is 13.1. The summed E-state index contributed by atoms with van der Waals surface area (Å²) in [4.78, 5) is 26.1. The van der Waals surface area contributed by atoms with E-state index in [4.69, 9.17) is 11.6 Å². The molecule has 30 heavy (non-hydrogen) atoms. The van der Waals surface area contributed by atoms with Gasteiger partial charge in [-0.05, 0) is 18.6 Å². The van der Waals surface area contributed by atoms with Crippen LogP contribution in [-0.4, -0.2) is 56.6 Å². The second kappa shape index (κ2) is 8.60. The van der Waals surface area contributed by atoms with Crippen LogP contribution < -0.4 is 0 Å². The quantitative estimate of drug-likeness (QED) is 0.521. The van der Waals surface area contributed by atoms with E-state index in [0.29, 0.717) is 37.7 Å². The standard InChI is InChI=1S/C18H19ClF3N5O3/c1-12-16(27(29)30)17(18(20,21)22)23-26(12)11-15(28)25-8-6-24(7-9-25)10-13-4-2-3-5-14(13)19/h2-5H,6-11H2,1H3. The third-order valence-electron chi connectivity index (χ3n) is 4.99. The van der Waals surface area contributed by atoms with Gasteiger partial charge < -0.3 is 4.90 Å². The third-order valence-corrected chi connectivity index (χ3v) is 5.36. The number of aromatic nitrogens is 2. The lowest BCUT2D eigenvalue weighted by atomic mass is 10.2. The van der Waals surface area contributed by atoms with Crippen molar-refractivity contribution in [3.63, 3.8) is 0 Å². The van der Waals surface area contributed by atoms with Gasteiger partial charge in [-0.25, -0.2) is 0 Å². The monoisotopic (exact) mass is 445 g/mol. The molecule has 8 nitrogen and oxygen atoms in total. The molecule has 1 fully saturated rings. The van der Waals surface area contributed by atoms with Crippen molar-refractivity contribution in [2.24, 2.45) is 0 Å². The first-order valence-corrected chi connectivity index (χ1v) is 9.48. The van der Waals surface area contributed by atoms with Gasteiger partial charge in [-0.2, -0.15) is 18.3 Å². The zero-order valence-corrected chi connectivity index (χ0v) is 16.8. The first-order chi connectivity index (χ1) is 14.1. The lowest BCUT2D eigenvalue weighted by Crippen LogP contribution is -2.49. The van der Waals surface area contributed by atoms with Gasteiger partial charge in [0.1, 0.15) is 12.2 Å². The minimum absolute atomic E-state index is 0.307. The summed E-state index contributed by atoms with van der Waals surface area (Å²) in [6.07, 6.45) is -4.98. The Labute approximate surface area is 175 Å². The van der Waals surface area contributed by atoms with Gasteiger partial charge >= 0.3 is 11.9 Å². The van der Waals surface area contributed by atoms with Crippen molar-refractivity contribution < 1.29 is 22.9 Å². The summed E-state index contributed by atoms with van der Waals surface area (Å²) in [6, 6.07) is 7.46. The van der Waals surface area contributed by atoms with Gasteiger partial charge in [-0.3, -0.25) is 24.5 Å². The van der Waals surface area contributed by atoms with Crippen molar-refractivity contribution in [3.05, 3.63) is 56.4 Å². The summed E-state index contributed by atoms with van der Waals surface area (Å²) >= 11 is 6.17. The second-order valence-electron chi connectivity index (χ2n) is 6.94. The molecule has 1 amide bonds. The molecule has 0 bridgehead atoms. The van der Waals surface area contributed by atoms with Crippen molar-refractivity contribution in [3.8, 4) is 0 Å². The Morgan fingerprint density at radius 3 is 2.40 bits per heavy atom. The summed E-state index contributed by atoms with van der Waals surface area (Å²) < 4.78 is 39.9. The van der Waals surface area contributed by atoms with Gasteiger partial charge in [0, 0.05) is 37.7 Å². The third kappa shape index (κ3) is 4.73. The fraction of sp³-hybridized carbons (Fsp3) is 0.444. The molecule has 12 heteroatoms. The van der Waals surface area contributed by atoms with Crippen LogP contribution in [-0.2, 0) is 24.1 Å². The number of halogens is 4. The van der Waals surface area contributed by atoms with E-state index in [1.165, 1.54) is 4.90 Å². The number of piperazine rings is 1. The fourth-order valence-electron chi connectivity index (χ4n) is 3.35. The number of nitrogens with zero attached hydrogens (tertiary/aromatic N) is 5. The summed E-state index contributed by atoms with van der Waals surface area (Å²) in [7, 11) is 0. The zero-order chi connectivity index (χ0) is 22.1. The van der Waals surface area contributed by atoms with Gasteiger partial charge in [0.05, 0.1) is 4.92 Å². The normalized spacial score (nSPS) is 15.4. The van der Waals surface area contributed by atoms with Crippen LogP contribution in [0.4, 0.5) is 18.9 Å². The Kier molecular flexibility index (Phi) is 6.32. The van der Waals surface area contributed by atoms with Crippen molar-refractivity contribution in [2.45, 2.75) is 26.2 Å². The molecule has 0 unspecified atom stereocenters. The number of rotatable bonds is 5. The molecule has 3 rings (SSSR count). The summed E-state index contributed by atoms with van der Waals surface area (Å²) in [5, 5.41) is 15.0. The van der Waals surface area contributed by atoms with E-state index < -0.39 is 34.9 Å². The molecule has 2 aromatic rings. The van der Waals surface area contributed by atoms with Gasteiger partial charge in [0.15, 0.2) is 0 Å². The predicted octanol–water partition coefficient (Wildman–Crippen LogP) is 3.12. The molecule has 0 N–H and O–H groups in total. The van der Waals surface area contributed by atoms with E-state index in [1.807, 2.05) is 18.2 Å². The number of hydrogen-bond acceptors (Lipinski definition) is 5. The SMILES string of the molecule is Cc1c([N+](=O)[O-])c(C(F)(F)F)nn1CC(=O)N1CCN(Cc2ccccc2Cl)CC1. The smallest absolute Gasteiger partial charge is 0.339 e. The molecule has 162 valence electrons. The van der Waals surface area contributed by atoms with E-state index in [2.05, 4.69) is 10.00 Å². The highest BCUT2D eigenvalue weighted by atomic mass is 35.5. The van der Waals surface area contributed by atoms with Crippen LogP contribution >= 0.6 is 11.6 Å². The van der Waals surface area contributed by atoms with Crippen LogP contribution in [0.1, 0.15) is 17.0 Å². The van der Waals surface area contributed by atoms with Crippen LogP contribution in [0.5, 0.6) is 0 Å². The highest BCUT2D eigenvalue weighted by Gasteiger charge is 2.44. The largest absolute Gasteiger partial charge is 0.442 e. The summed E-state index contributed by atoms with van der Waals surface area (Å²) in [5.41, 5.74) is -2.06. The molecule has 0 radical (unpaired) electrons. The first-order valence-electron chi connectivity index (χ1n) is 9.10. The molecule has 1 aromatic carbocycles. The highest BCUT2D eigenvalue weighted by Crippen LogP contribution is 2.36. The van der Waals surface area contributed by atoms with Crippen LogP contribution in [0.3, 0.4) is 0 Å². The van der Waals surface area contributed by atoms with Gasteiger partial charge in [-0.1, -0.05) is 29.8 Å². The number of carbonyl (C=O) groups excluding carboxylic acids is 1. The Hall–Kier alpha value is -2.66. The molecular formula is C18H19ClF3N5O3. The van der Waals surface area contributed by atoms with Crippen molar-refractivity contribution in [1.82, 2.24) is 19.6 Å². The number of amides is 1. The molecule has 1 aliphatic heterocycles. The Morgan fingerprint density at radius 2 is 1.87 bits per heavy atom. The molecule has 1 saturated heterocycles. The number of hydrogen-bond donors (Lipinski definition) is 0. The number of benzene rings is 1. The van der Waals surface area contributed by atoms with Crippen molar-refractivity contribution in [2.75, 3.05) is 26.2 Å². The Balaban J connectivity index is 1.64. The molecule has 0 spiro atoms. The Morgan fingerprint density at radius 1 is 1.23 bits per heavy atom. The highest BCUT2D eigenvalue weighted by molar-refractivity contribution is 6.31. The number of nitro groups is 1. The van der Waals surface area contributed by atoms with Crippen LogP contribution in [0, 0.1) is 17.0 Å². The van der Waals surface area contributed by atoms with Crippen molar-refractivity contribution >= 4 is 23.2 Å². The lowest BCUT2D eigenvalue weighted by Gasteiger charge is -2.35. The maximum Gasteiger partial charge on any atom is 0.442 e. The lowest BCUT2D eigenvalue weighted by molar-refractivity contribution is -0.388. The minimum atomic E-state index is -4.98. The average molecular weight is 446 g/mol. The van der Waals surface area contributed by atoms with E-state index >= 15 is 0 Å². The van der Waals surface area contributed by atoms with Gasteiger partial charge in [0.25, 0.3) is 0 Å². The van der Waals surface area contributed by atoms with Gasteiger partial charge in [-0.15, -0.1) is 0 Å². The molecule has 0 atom stereocenters. The van der Waals surface area contributed by atoms with Crippen LogP contribution in [0.2, 0.25) is 5.02 Å². The fourth-order valence-corrected chi connectivity index (χ4v) is 3.55. The second-order valence-corrected chi connectivity index (χ2v) is 7.35.